The number of nitrogens with one attached hydrogen (secondary N) is 1. The summed E-state index contributed by atoms with van der Waals surface area (Å²) in [4.78, 5) is 0. The molecule has 4 heteroatoms. The summed E-state index contributed by atoms with van der Waals surface area (Å²) in [7, 11) is 0. The summed E-state index contributed by atoms with van der Waals surface area (Å²) < 4.78 is 7.66. The van der Waals surface area contributed by atoms with Crippen LogP contribution >= 0.6 is 31.9 Å². The maximum Gasteiger partial charge on any atom is 0.148 e. The van der Waals surface area contributed by atoms with Gasteiger partial charge < -0.3 is 10.1 Å². The van der Waals surface area contributed by atoms with Crippen molar-refractivity contribution in [2.75, 3.05) is 13.2 Å². The van der Waals surface area contributed by atoms with E-state index in [-0.39, 0.29) is 0 Å². The van der Waals surface area contributed by atoms with Crippen molar-refractivity contribution in [1.29, 1.82) is 0 Å². The Morgan fingerprint density at radius 3 is 2.59 bits per heavy atom. The van der Waals surface area contributed by atoms with E-state index in [1.54, 1.807) is 0 Å². The summed E-state index contributed by atoms with van der Waals surface area (Å²) in [5.74, 6) is 0.833. The molecule has 0 amide bonds. The third kappa shape index (κ3) is 4.12. The average molecular weight is 361 g/mol. The van der Waals surface area contributed by atoms with E-state index in [9.17, 15) is 0 Å². The van der Waals surface area contributed by atoms with Gasteiger partial charge in [-0.1, -0.05) is 12.6 Å². The summed E-state index contributed by atoms with van der Waals surface area (Å²) in [6.45, 7) is 5.39. The van der Waals surface area contributed by atoms with E-state index in [0.29, 0.717) is 12.6 Å². The topological polar surface area (TPSA) is 21.3 Å². The largest absolute Gasteiger partial charge is 0.487 e. The van der Waals surface area contributed by atoms with Gasteiger partial charge in [0.25, 0.3) is 0 Å². The molecule has 1 aromatic rings. The van der Waals surface area contributed by atoms with Crippen molar-refractivity contribution in [2.24, 2.45) is 0 Å². The molecule has 0 spiro atoms. The molecule has 2 rings (SSSR count). The molecule has 1 fully saturated rings. The van der Waals surface area contributed by atoms with Crippen LogP contribution < -0.4 is 10.1 Å². The van der Waals surface area contributed by atoms with Gasteiger partial charge in [-0.3, -0.25) is 0 Å². The number of ether oxygens (including phenoxy) is 1. The van der Waals surface area contributed by atoms with Crippen LogP contribution in [0.25, 0.3) is 0 Å². The number of para-hydroxylation sites is 1. The van der Waals surface area contributed by atoms with Gasteiger partial charge in [-0.05, 0) is 62.4 Å². The van der Waals surface area contributed by atoms with Gasteiger partial charge in [0, 0.05) is 12.6 Å². The molecule has 1 aromatic carbocycles. The van der Waals surface area contributed by atoms with E-state index in [1.165, 1.54) is 12.8 Å². The lowest BCUT2D eigenvalue weighted by Gasteiger charge is -2.12. The van der Waals surface area contributed by atoms with Crippen LogP contribution in [0.5, 0.6) is 5.75 Å². The Bertz CT molecular complexity index is 396. The maximum absolute atomic E-state index is 5.75. The van der Waals surface area contributed by atoms with Crippen molar-refractivity contribution >= 4 is 31.9 Å². The van der Waals surface area contributed by atoms with Gasteiger partial charge in [0.1, 0.15) is 12.4 Å². The molecule has 0 aromatic heterocycles. The molecule has 0 unspecified atom stereocenters. The Kier molecular flexibility index (Phi) is 4.65. The van der Waals surface area contributed by atoms with Gasteiger partial charge in [0.2, 0.25) is 0 Å². The van der Waals surface area contributed by atoms with Crippen molar-refractivity contribution in [2.45, 2.75) is 18.9 Å². The molecule has 1 aliphatic rings. The van der Waals surface area contributed by atoms with Crippen LogP contribution in [0.2, 0.25) is 0 Å². The molecule has 0 bridgehead atoms. The van der Waals surface area contributed by atoms with Gasteiger partial charge in [0.05, 0.1) is 8.95 Å². The van der Waals surface area contributed by atoms with Gasteiger partial charge >= 0.3 is 0 Å². The number of hydrogen-bond donors (Lipinski definition) is 1. The lowest BCUT2D eigenvalue weighted by atomic mass is 10.3. The summed E-state index contributed by atoms with van der Waals surface area (Å²) in [6, 6.07) is 6.60. The Balaban J connectivity index is 1.81. The van der Waals surface area contributed by atoms with Crippen molar-refractivity contribution in [1.82, 2.24) is 5.32 Å². The van der Waals surface area contributed by atoms with E-state index in [0.717, 1.165) is 26.8 Å². The number of benzene rings is 1. The lowest BCUT2D eigenvalue weighted by Crippen LogP contribution is -2.21. The van der Waals surface area contributed by atoms with Crippen LogP contribution in [0.1, 0.15) is 12.8 Å². The standard InChI is InChI=1S/C13H15Br2NO/c1-9(7-16-10-5-6-10)8-17-13-11(14)3-2-4-12(13)15/h2-4,10,16H,1,5-8H2. The normalized spacial score (nSPS) is 14.7. The van der Waals surface area contributed by atoms with Crippen molar-refractivity contribution < 1.29 is 4.74 Å². The average Bonchev–Trinajstić information content (AvgIpc) is 3.09. The van der Waals surface area contributed by atoms with Gasteiger partial charge in [-0.15, -0.1) is 0 Å². The maximum atomic E-state index is 5.75. The molecule has 0 aliphatic heterocycles. The minimum Gasteiger partial charge on any atom is -0.487 e. The van der Waals surface area contributed by atoms with E-state index in [2.05, 4.69) is 43.8 Å². The van der Waals surface area contributed by atoms with Crippen LogP contribution in [-0.4, -0.2) is 19.2 Å². The predicted octanol–water partition coefficient (Wildman–Crippen LogP) is 3.90. The lowest BCUT2D eigenvalue weighted by molar-refractivity contribution is 0.344. The minimum atomic E-state index is 0.543. The highest BCUT2D eigenvalue weighted by Gasteiger charge is 2.20. The second kappa shape index (κ2) is 6.03. The van der Waals surface area contributed by atoms with Crippen LogP contribution in [0.15, 0.2) is 39.3 Å². The summed E-state index contributed by atoms with van der Waals surface area (Å²) in [5, 5.41) is 3.42. The van der Waals surface area contributed by atoms with E-state index in [4.69, 9.17) is 4.74 Å². The first kappa shape index (κ1) is 13.1. The molecule has 0 radical (unpaired) electrons. The smallest absolute Gasteiger partial charge is 0.148 e. The second-order valence-electron chi connectivity index (χ2n) is 4.24. The van der Waals surface area contributed by atoms with Crippen LogP contribution in [0, 0.1) is 0 Å². The number of halogens is 2. The van der Waals surface area contributed by atoms with E-state index < -0.39 is 0 Å². The molecule has 1 N–H and O–H groups in total. The zero-order valence-electron chi connectivity index (χ0n) is 9.51. The third-order valence-electron chi connectivity index (χ3n) is 2.56. The monoisotopic (exact) mass is 359 g/mol. The highest BCUT2D eigenvalue weighted by atomic mass is 79.9. The van der Waals surface area contributed by atoms with Crippen LogP contribution in [-0.2, 0) is 0 Å². The Morgan fingerprint density at radius 2 is 2.00 bits per heavy atom. The SMILES string of the molecule is C=C(CNC1CC1)COc1c(Br)cccc1Br. The molecule has 17 heavy (non-hydrogen) atoms. The number of rotatable bonds is 6. The molecular weight excluding hydrogens is 346 g/mol. The van der Waals surface area contributed by atoms with E-state index in [1.807, 2.05) is 18.2 Å². The molecule has 92 valence electrons. The molecule has 0 heterocycles. The first-order valence-electron chi connectivity index (χ1n) is 5.63. The molecule has 0 atom stereocenters. The summed E-state index contributed by atoms with van der Waals surface area (Å²) >= 11 is 6.94. The molecular formula is C13H15Br2NO. The zero-order chi connectivity index (χ0) is 12.3. The highest BCUT2D eigenvalue weighted by molar-refractivity contribution is 9.11. The number of hydrogen-bond acceptors (Lipinski definition) is 2. The van der Waals surface area contributed by atoms with Crippen molar-refractivity contribution in [3.05, 3.63) is 39.3 Å². The quantitative estimate of drug-likeness (QED) is 0.777. The fourth-order valence-corrected chi connectivity index (χ4v) is 2.65. The predicted molar refractivity (Wildman–Crippen MR) is 77.5 cm³/mol. The third-order valence-corrected chi connectivity index (χ3v) is 3.81. The van der Waals surface area contributed by atoms with Crippen molar-refractivity contribution in [3.8, 4) is 5.75 Å². The summed E-state index contributed by atoms with van der Waals surface area (Å²) in [5.41, 5.74) is 1.07. The van der Waals surface area contributed by atoms with Gasteiger partial charge in [0.15, 0.2) is 0 Å². The van der Waals surface area contributed by atoms with Crippen LogP contribution in [0.3, 0.4) is 0 Å². The van der Waals surface area contributed by atoms with E-state index >= 15 is 0 Å². The summed E-state index contributed by atoms with van der Waals surface area (Å²) in [6.07, 6.45) is 2.59. The Labute approximate surface area is 119 Å². The van der Waals surface area contributed by atoms with Gasteiger partial charge in [-0.25, -0.2) is 0 Å². The molecule has 1 saturated carbocycles. The van der Waals surface area contributed by atoms with Gasteiger partial charge in [-0.2, -0.15) is 0 Å². The molecule has 1 aliphatic carbocycles. The van der Waals surface area contributed by atoms with Crippen molar-refractivity contribution in [3.63, 3.8) is 0 Å². The fraction of sp³-hybridized carbons (Fsp3) is 0.385. The minimum absolute atomic E-state index is 0.543. The highest BCUT2D eigenvalue weighted by Crippen LogP contribution is 2.33. The second-order valence-corrected chi connectivity index (χ2v) is 5.95. The zero-order valence-corrected chi connectivity index (χ0v) is 12.7. The Hall–Kier alpha value is -0.320. The first-order valence-corrected chi connectivity index (χ1v) is 7.22. The first-order chi connectivity index (χ1) is 8.16. The molecule has 2 nitrogen and oxygen atoms in total. The molecule has 0 saturated heterocycles. The fourth-order valence-electron chi connectivity index (χ4n) is 1.42. The van der Waals surface area contributed by atoms with Crippen LogP contribution in [0.4, 0.5) is 0 Å². The Morgan fingerprint density at radius 1 is 1.35 bits per heavy atom.